The van der Waals surface area contributed by atoms with Crippen LogP contribution < -0.4 is 0 Å². The molecule has 0 aliphatic carbocycles. The Morgan fingerprint density at radius 3 is 2.19 bits per heavy atom. The first-order chi connectivity index (χ1) is 13.1. The Morgan fingerprint density at radius 1 is 0.852 bits per heavy atom. The molecule has 27 heavy (non-hydrogen) atoms. The standard InChI is InChI=1S/C22H21ClN2O2/c23-18-10-8-16(9-11-18)12-15-25-21(26)19(17-6-2-1-3-7-17)20(22(25)27)24-13-4-5-14-24/h1-3,6-11H,4-5,12-15H2. The fourth-order valence-corrected chi connectivity index (χ4v) is 3.88. The highest BCUT2D eigenvalue weighted by Crippen LogP contribution is 2.33. The Kier molecular flexibility index (Phi) is 4.99. The molecule has 0 bridgehead atoms. The Hall–Kier alpha value is -2.59. The normalized spacial score (nSPS) is 17.4. The Bertz CT molecular complexity index is 884. The van der Waals surface area contributed by atoms with E-state index in [2.05, 4.69) is 4.90 Å². The van der Waals surface area contributed by atoms with Gasteiger partial charge in [0.25, 0.3) is 11.8 Å². The molecule has 0 N–H and O–H groups in total. The first-order valence-electron chi connectivity index (χ1n) is 9.30. The number of carbonyl (C=O) groups excluding carboxylic acids is 2. The molecule has 2 aliphatic rings. The minimum Gasteiger partial charge on any atom is -0.366 e. The number of amides is 2. The highest BCUT2D eigenvalue weighted by molar-refractivity contribution is 6.35. The molecule has 2 aromatic rings. The molecule has 0 spiro atoms. The number of halogens is 1. The number of rotatable bonds is 5. The van der Waals surface area contributed by atoms with Crippen molar-refractivity contribution in [3.05, 3.63) is 76.4 Å². The lowest BCUT2D eigenvalue weighted by molar-refractivity contribution is -0.137. The van der Waals surface area contributed by atoms with Gasteiger partial charge in [0.2, 0.25) is 0 Å². The molecule has 2 heterocycles. The SMILES string of the molecule is O=C1C(c2ccccc2)=C(N2CCCC2)C(=O)N1CCc1ccc(Cl)cc1. The van der Waals surface area contributed by atoms with Crippen LogP contribution in [0.2, 0.25) is 5.02 Å². The Labute approximate surface area is 164 Å². The van der Waals surface area contributed by atoms with Crippen LogP contribution in [-0.4, -0.2) is 41.2 Å². The van der Waals surface area contributed by atoms with Gasteiger partial charge in [0.05, 0.1) is 5.57 Å². The summed E-state index contributed by atoms with van der Waals surface area (Å²) in [5, 5.41) is 0.677. The Balaban J connectivity index is 1.62. The largest absolute Gasteiger partial charge is 0.366 e. The second-order valence-corrected chi connectivity index (χ2v) is 7.36. The van der Waals surface area contributed by atoms with E-state index in [4.69, 9.17) is 11.6 Å². The predicted octanol–water partition coefficient (Wildman–Crippen LogP) is 3.76. The maximum atomic E-state index is 13.2. The van der Waals surface area contributed by atoms with E-state index in [0.717, 1.165) is 37.1 Å². The molecule has 0 aromatic heterocycles. The van der Waals surface area contributed by atoms with Crippen molar-refractivity contribution >= 4 is 29.0 Å². The van der Waals surface area contributed by atoms with E-state index in [9.17, 15) is 9.59 Å². The number of likely N-dealkylation sites (tertiary alicyclic amines) is 1. The van der Waals surface area contributed by atoms with E-state index in [1.54, 1.807) is 0 Å². The van der Waals surface area contributed by atoms with Gasteiger partial charge in [-0.25, -0.2) is 0 Å². The molecule has 0 unspecified atom stereocenters. The molecule has 138 valence electrons. The van der Waals surface area contributed by atoms with Gasteiger partial charge >= 0.3 is 0 Å². The zero-order valence-electron chi connectivity index (χ0n) is 15.0. The van der Waals surface area contributed by atoms with Crippen LogP contribution in [0.1, 0.15) is 24.0 Å². The van der Waals surface area contributed by atoms with Crippen LogP contribution in [0.4, 0.5) is 0 Å². The predicted molar refractivity (Wildman–Crippen MR) is 106 cm³/mol. The van der Waals surface area contributed by atoms with Crippen molar-refractivity contribution < 1.29 is 9.59 Å². The molecule has 2 amide bonds. The van der Waals surface area contributed by atoms with Gasteiger partial charge in [0.15, 0.2) is 0 Å². The van der Waals surface area contributed by atoms with Crippen LogP contribution in [0.15, 0.2) is 60.3 Å². The van der Waals surface area contributed by atoms with E-state index in [0.29, 0.717) is 29.3 Å². The molecular weight excluding hydrogens is 360 g/mol. The third kappa shape index (κ3) is 3.50. The zero-order valence-corrected chi connectivity index (χ0v) is 15.8. The summed E-state index contributed by atoms with van der Waals surface area (Å²) in [6, 6.07) is 17.0. The molecule has 4 nitrogen and oxygen atoms in total. The minimum absolute atomic E-state index is 0.172. The van der Waals surface area contributed by atoms with Gasteiger partial charge in [0.1, 0.15) is 5.70 Å². The lowest BCUT2D eigenvalue weighted by atomic mass is 10.0. The molecule has 0 radical (unpaired) electrons. The third-order valence-electron chi connectivity index (χ3n) is 5.17. The van der Waals surface area contributed by atoms with Crippen molar-refractivity contribution in [3.63, 3.8) is 0 Å². The fraction of sp³-hybridized carbons (Fsp3) is 0.273. The van der Waals surface area contributed by atoms with Gasteiger partial charge in [0, 0.05) is 24.7 Å². The monoisotopic (exact) mass is 380 g/mol. The maximum absolute atomic E-state index is 13.2. The summed E-state index contributed by atoms with van der Waals surface area (Å²) < 4.78 is 0. The molecule has 1 saturated heterocycles. The quantitative estimate of drug-likeness (QED) is 0.741. The summed E-state index contributed by atoms with van der Waals surface area (Å²) in [5.74, 6) is -0.364. The van der Waals surface area contributed by atoms with Crippen LogP contribution in [0.3, 0.4) is 0 Å². The van der Waals surface area contributed by atoms with Crippen molar-refractivity contribution in [2.75, 3.05) is 19.6 Å². The molecular formula is C22H21ClN2O2. The molecule has 1 fully saturated rings. The van der Waals surface area contributed by atoms with E-state index in [1.807, 2.05) is 54.6 Å². The van der Waals surface area contributed by atoms with Crippen molar-refractivity contribution in [1.82, 2.24) is 9.80 Å². The summed E-state index contributed by atoms with van der Waals surface area (Å²) in [5.41, 5.74) is 2.97. The lowest BCUT2D eigenvalue weighted by Crippen LogP contribution is -2.36. The molecule has 0 saturated carbocycles. The molecule has 5 heteroatoms. The van der Waals surface area contributed by atoms with Crippen molar-refractivity contribution in [1.29, 1.82) is 0 Å². The zero-order chi connectivity index (χ0) is 18.8. The third-order valence-corrected chi connectivity index (χ3v) is 5.42. The highest BCUT2D eigenvalue weighted by Gasteiger charge is 2.41. The van der Waals surface area contributed by atoms with Crippen molar-refractivity contribution in [2.45, 2.75) is 19.3 Å². The summed E-state index contributed by atoms with van der Waals surface area (Å²) in [6.07, 6.45) is 2.72. The van der Waals surface area contributed by atoms with Crippen molar-refractivity contribution in [3.8, 4) is 0 Å². The minimum atomic E-state index is -0.193. The molecule has 2 aromatic carbocycles. The molecule has 2 aliphatic heterocycles. The summed E-state index contributed by atoms with van der Waals surface area (Å²) in [6.45, 7) is 2.03. The Morgan fingerprint density at radius 2 is 1.52 bits per heavy atom. The van der Waals surface area contributed by atoms with Gasteiger partial charge in [-0.15, -0.1) is 0 Å². The average molecular weight is 381 g/mol. The van der Waals surface area contributed by atoms with Crippen LogP contribution in [0.25, 0.3) is 5.57 Å². The van der Waals surface area contributed by atoms with Crippen LogP contribution in [-0.2, 0) is 16.0 Å². The summed E-state index contributed by atoms with van der Waals surface area (Å²) in [4.78, 5) is 29.8. The summed E-state index contributed by atoms with van der Waals surface area (Å²) in [7, 11) is 0. The smallest absolute Gasteiger partial charge is 0.277 e. The van der Waals surface area contributed by atoms with Crippen LogP contribution in [0, 0.1) is 0 Å². The van der Waals surface area contributed by atoms with E-state index >= 15 is 0 Å². The highest BCUT2D eigenvalue weighted by atomic mass is 35.5. The second kappa shape index (κ2) is 7.57. The van der Waals surface area contributed by atoms with Crippen molar-refractivity contribution in [2.24, 2.45) is 0 Å². The van der Waals surface area contributed by atoms with E-state index in [-0.39, 0.29) is 11.8 Å². The van der Waals surface area contributed by atoms with E-state index < -0.39 is 0 Å². The average Bonchev–Trinajstić information content (AvgIpc) is 3.29. The number of benzene rings is 2. The first kappa shape index (κ1) is 17.8. The summed E-state index contributed by atoms with van der Waals surface area (Å²) >= 11 is 5.93. The molecule has 0 atom stereocenters. The number of imide groups is 1. The van der Waals surface area contributed by atoms with Gasteiger partial charge in [-0.1, -0.05) is 54.1 Å². The number of nitrogens with zero attached hydrogens (tertiary/aromatic N) is 2. The lowest BCUT2D eigenvalue weighted by Gasteiger charge is -2.20. The first-order valence-corrected chi connectivity index (χ1v) is 9.68. The number of hydrogen-bond acceptors (Lipinski definition) is 3. The van der Waals surface area contributed by atoms with Crippen LogP contribution in [0.5, 0.6) is 0 Å². The topological polar surface area (TPSA) is 40.6 Å². The van der Waals surface area contributed by atoms with Gasteiger partial charge in [-0.3, -0.25) is 14.5 Å². The number of carbonyl (C=O) groups is 2. The second-order valence-electron chi connectivity index (χ2n) is 6.92. The fourth-order valence-electron chi connectivity index (χ4n) is 3.76. The maximum Gasteiger partial charge on any atom is 0.277 e. The van der Waals surface area contributed by atoms with Crippen LogP contribution >= 0.6 is 11.6 Å². The number of hydrogen-bond donors (Lipinski definition) is 0. The van der Waals surface area contributed by atoms with Gasteiger partial charge < -0.3 is 4.90 Å². The van der Waals surface area contributed by atoms with E-state index in [1.165, 1.54) is 4.90 Å². The molecule has 4 rings (SSSR count). The van der Waals surface area contributed by atoms with Gasteiger partial charge in [-0.2, -0.15) is 0 Å². The van der Waals surface area contributed by atoms with Gasteiger partial charge in [-0.05, 0) is 42.5 Å².